The Kier molecular flexibility index (Phi) is 4.45. The average molecular weight is 248 g/mol. The van der Waals surface area contributed by atoms with Gasteiger partial charge >= 0.3 is 6.18 Å². The van der Waals surface area contributed by atoms with Crippen molar-refractivity contribution in [3.05, 3.63) is 23.9 Å². The van der Waals surface area contributed by atoms with Crippen LogP contribution < -0.4 is 5.73 Å². The molecule has 4 nitrogen and oxygen atoms in total. The van der Waals surface area contributed by atoms with E-state index in [0.717, 1.165) is 0 Å². The molecule has 1 rings (SSSR count). The van der Waals surface area contributed by atoms with Crippen molar-refractivity contribution in [2.24, 2.45) is 0 Å². The maximum absolute atomic E-state index is 11.7. The lowest BCUT2D eigenvalue weighted by Gasteiger charge is -2.07. The number of Topliss-reactive ketones (excluding diaryl/α,β-unsaturated/α-hetero) is 1. The molecule has 0 bridgehead atoms. The number of halogens is 3. The van der Waals surface area contributed by atoms with E-state index in [4.69, 9.17) is 5.73 Å². The maximum Gasteiger partial charge on any atom is 0.411 e. The van der Waals surface area contributed by atoms with Crippen molar-refractivity contribution in [1.29, 1.82) is 0 Å². The lowest BCUT2D eigenvalue weighted by Crippen LogP contribution is -2.21. The molecular weight excluding hydrogens is 237 g/mol. The van der Waals surface area contributed by atoms with Crippen molar-refractivity contribution in [3.63, 3.8) is 0 Å². The quantitative estimate of drug-likeness (QED) is 0.854. The predicted molar refractivity (Wildman–Crippen MR) is 54.2 cm³/mol. The average Bonchev–Trinajstić information content (AvgIpc) is 2.15. The summed E-state index contributed by atoms with van der Waals surface area (Å²) in [6.07, 6.45) is -3.01. The van der Waals surface area contributed by atoms with Crippen molar-refractivity contribution in [2.75, 3.05) is 18.9 Å². The Bertz CT molecular complexity index is 393. The number of rotatable bonds is 5. The second-order valence-corrected chi connectivity index (χ2v) is 3.41. The van der Waals surface area contributed by atoms with Crippen LogP contribution in [-0.2, 0) is 16.0 Å². The Balaban J connectivity index is 2.35. The van der Waals surface area contributed by atoms with Gasteiger partial charge in [0.15, 0.2) is 5.78 Å². The highest BCUT2D eigenvalue weighted by Crippen LogP contribution is 2.14. The summed E-state index contributed by atoms with van der Waals surface area (Å²) in [6, 6.07) is 3.06. The van der Waals surface area contributed by atoms with Crippen LogP contribution in [0.2, 0.25) is 0 Å². The van der Waals surface area contributed by atoms with Crippen LogP contribution in [0.1, 0.15) is 5.56 Å². The number of alkyl halides is 3. The van der Waals surface area contributed by atoms with E-state index in [0.29, 0.717) is 5.56 Å². The summed E-state index contributed by atoms with van der Waals surface area (Å²) in [6.45, 7) is -1.99. The van der Waals surface area contributed by atoms with Crippen LogP contribution in [0.25, 0.3) is 0 Å². The minimum absolute atomic E-state index is 0.0232. The minimum atomic E-state index is -4.42. The first-order valence-corrected chi connectivity index (χ1v) is 4.73. The molecule has 0 atom stereocenters. The molecule has 0 radical (unpaired) electrons. The zero-order chi connectivity index (χ0) is 12.9. The number of nitrogens with zero attached hydrogens (tertiary/aromatic N) is 1. The van der Waals surface area contributed by atoms with Gasteiger partial charge in [0, 0.05) is 12.6 Å². The number of carbonyl (C=O) groups is 1. The number of ether oxygens (including phenoxy) is 1. The van der Waals surface area contributed by atoms with Crippen LogP contribution in [0.15, 0.2) is 18.3 Å². The fraction of sp³-hybridized carbons (Fsp3) is 0.400. The number of hydrogen-bond acceptors (Lipinski definition) is 4. The normalized spacial score (nSPS) is 11.5. The Labute approximate surface area is 95.6 Å². The SMILES string of the molecule is Nc1cc(CC(=O)COCC(F)(F)F)ccn1. The number of ketones is 1. The second kappa shape index (κ2) is 5.62. The van der Waals surface area contributed by atoms with E-state index in [1.165, 1.54) is 12.3 Å². The van der Waals surface area contributed by atoms with Gasteiger partial charge in [-0.15, -0.1) is 0 Å². The maximum atomic E-state index is 11.7. The van der Waals surface area contributed by atoms with E-state index in [-0.39, 0.29) is 12.2 Å². The molecule has 0 unspecified atom stereocenters. The Morgan fingerprint density at radius 1 is 1.47 bits per heavy atom. The van der Waals surface area contributed by atoms with Crippen LogP contribution in [-0.4, -0.2) is 30.2 Å². The van der Waals surface area contributed by atoms with E-state index in [2.05, 4.69) is 9.72 Å². The van der Waals surface area contributed by atoms with Crippen LogP contribution >= 0.6 is 0 Å². The molecule has 2 N–H and O–H groups in total. The highest BCUT2D eigenvalue weighted by atomic mass is 19.4. The van der Waals surface area contributed by atoms with Gasteiger partial charge in [0.05, 0.1) is 0 Å². The van der Waals surface area contributed by atoms with Gasteiger partial charge in [0.1, 0.15) is 19.0 Å². The molecule has 0 spiro atoms. The molecular formula is C10H11F3N2O2. The summed E-state index contributed by atoms with van der Waals surface area (Å²) in [4.78, 5) is 15.0. The third-order valence-electron chi connectivity index (χ3n) is 1.78. The molecule has 0 saturated heterocycles. The lowest BCUT2D eigenvalue weighted by molar-refractivity contribution is -0.175. The van der Waals surface area contributed by atoms with E-state index in [1.54, 1.807) is 6.07 Å². The summed E-state index contributed by atoms with van der Waals surface area (Å²) in [5, 5.41) is 0. The van der Waals surface area contributed by atoms with Crippen molar-refractivity contribution in [3.8, 4) is 0 Å². The molecule has 1 aromatic heterocycles. The van der Waals surface area contributed by atoms with Crippen LogP contribution in [0.5, 0.6) is 0 Å². The summed E-state index contributed by atoms with van der Waals surface area (Å²) in [5.41, 5.74) is 5.98. The number of pyridine rings is 1. The highest BCUT2D eigenvalue weighted by Gasteiger charge is 2.27. The van der Waals surface area contributed by atoms with Crippen LogP contribution in [0.4, 0.5) is 19.0 Å². The van der Waals surface area contributed by atoms with Crippen molar-refractivity contribution in [1.82, 2.24) is 4.98 Å². The first kappa shape index (κ1) is 13.4. The van der Waals surface area contributed by atoms with Gasteiger partial charge in [0.25, 0.3) is 0 Å². The molecule has 17 heavy (non-hydrogen) atoms. The topological polar surface area (TPSA) is 65.2 Å². The monoisotopic (exact) mass is 248 g/mol. The third kappa shape index (κ3) is 5.86. The predicted octanol–water partition coefficient (Wildman–Crippen LogP) is 1.35. The molecule has 0 aromatic carbocycles. The van der Waals surface area contributed by atoms with Gasteiger partial charge in [-0.2, -0.15) is 13.2 Å². The fourth-order valence-electron chi connectivity index (χ4n) is 1.16. The summed E-state index contributed by atoms with van der Waals surface area (Å²) < 4.78 is 39.4. The lowest BCUT2D eigenvalue weighted by atomic mass is 10.1. The molecule has 0 aliphatic carbocycles. The van der Waals surface area contributed by atoms with Crippen molar-refractivity contribution < 1.29 is 22.7 Å². The Morgan fingerprint density at radius 3 is 2.76 bits per heavy atom. The number of nitrogens with two attached hydrogens (primary N) is 1. The van der Waals surface area contributed by atoms with Gasteiger partial charge in [-0.25, -0.2) is 4.98 Å². The van der Waals surface area contributed by atoms with E-state index in [1.807, 2.05) is 0 Å². The third-order valence-corrected chi connectivity index (χ3v) is 1.78. The van der Waals surface area contributed by atoms with Crippen LogP contribution in [0, 0.1) is 0 Å². The number of aromatic nitrogens is 1. The first-order valence-electron chi connectivity index (χ1n) is 4.73. The number of hydrogen-bond donors (Lipinski definition) is 1. The van der Waals surface area contributed by atoms with Gasteiger partial charge in [-0.05, 0) is 17.7 Å². The molecule has 1 heterocycles. The highest BCUT2D eigenvalue weighted by molar-refractivity contribution is 5.82. The van der Waals surface area contributed by atoms with Gasteiger partial charge in [-0.3, -0.25) is 4.79 Å². The fourth-order valence-corrected chi connectivity index (χ4v) is 1.16. The standard InChI is InChI=1S/C10H11F3N2O2/c11-10(12,13)6-17-5-8(16)3-7-1-2-15-9(14)4-7/h1-2,4H,3,5-6H2,(H2,14,15). The van der Waals surface area contributed by atoms with E-state index >= 15 is 0 Å². The summed E-state index contributed by atoms with van der Waals surface area (Å²) >= 11 is 0. The van der Waals surface area contributed by atoms with Crippen molar-refractivity contribution >= 4 is 11.6 Å². The first-order chi connectivity index (χ1) is 7.87. The molecule has 7 heteroatoms. The van der Waals surface area contributed by atoms with Crippen molar-refractivity contribution in [2.45, 2.75) is 12.6 Å². The Morgan fingerprint density at radius 2 is 2.18 bits per heavy atom. The zero-order valence-corrected chi connectivity index (χ0v) is 8.83. The molecule has 0 saturated carbocycles. The number of nitrogen functional groups attached to an aromatic ring is 1. The largest absolute Gasteiger partial charge is 0.411 e. The summed E-state index contributed by atoms with van der Waals surface area (Å²) in [5.74, 6) is -0.189. The van der Waals surface area contributed by atoms with Crippen LogP contribution in [0.3, 0.4) is 0 Å². The zero-order valence-electron chi connectivity index (χ0n) is 8.83. The van der Waals surface area contributed by atoms with Gasteiger partial charge in [0.2, 0.25) is 0 Å². The van der Waals surface area contributed by atoms with Gasteiger partial charge in [-0.1, -0.05) is 0 Å². The Hall–Kier alpha value is -1.63. The number of anilines is 1. The van der Waals surface area contributed by atoms with E-state index in [9.17, 15) is 18.0 Å². The molecule has 0 fully saturated rings. The molecule has 0 aliphatic heterocycles. The summed E-state index contributed by atoms with van der Waals surface area (Å²) in [7, 11) is 0. The van der Waals surface area contributed by atoms with E-state index < -0.39 is 25.2 Å². The molecule has 94 valence electrons. The molecule has 0 amide bonds. The number of carbonyl (C=O) groups excluding carboxylic acids is 1. The smallest absolute Gasteiger partial charge is 0.384 e. The van der Waals surface area contributed by atoms with Gasteiger partial charge < -0.3 is 10.5 Å². The second-order valence-electron chi connectivity index (χ2n) is 3.41. The molecule has 1 aromatic rings. The molecule has 0 aliphatic rings. The minimum Gasteiger partial charge on any atom is -0.384 e.